The number of likely N-dealkylation sites (tertiary alicyclic amines) is 2. The van der Waals surface area contributed by atoms with E-state index in [1.807, 2.05) is 24.5 Å². The average molecular weight is 400 g/mol. The molecule has 0 radical (unpaired) electrons. The van der Waals surface area contributed by atoms with Crippen molar-refractivity contribution in [2.45, 2.75) is 44.8 Å². The molecule has 2 aliphatic rings. The lowest BCUT2D eigenvalue weighted by Gasteiger charge is -2.41. The van der Waals surface area contributed by atoms with Crippen LogP contribution >= 0.6 is 11.3 Å². The number of nitrogens with one attached hydrogen (secondary N) is 1. The van der Waals surface area contributed by atoms with Crippen LogP contribution in [0.15, 0.2) is 36.1 Å². The maximum absolute atomic E-state index is 12.7. The molecule has 0 aromatic carbocycles. The lowest BCUT2D eigenvalue weighted by Crippen LogP contribution is -2.50. The van der Waals surface area contributed by atoms with Crippen LogP contribution < -0.4 is 5.32 Å². The van der Waals surface area contributed by atoms with Gasteiger partial charge in [0.15, 0.2) is 0 Å². The van der Waals surface area contributed by atoms with Gasteiger partial charge in [-0.1, -0.05) is 6.07 Å². The zero-order valence-corrected chi connectivity index (χ0v) is 17.1. The number of nitrogens with zero attached hydrogens (tertiary/aromatic N) is 4. The average Bonchev–Trinajstić information content (AvgIpc) is 3.26. The first-order valence-electron chi connectivity index (χ1n) is 10.3. The molecule has 7 heteroatoms. The van der Waals surface area contributed by atoms with Gasteiger partial charge in [0.25, 0.3) is 0 Å². The summed E-state index contributed by atoms with van der Waals surface area (Å²) in [5, 5.41) is 6.37. The van der Waals surface area contributed by atoms with Crippen LogP contribution in [0.25, 0.3) is 0 Å². The monoisotopic (exact) mass is 399 g/mol. The topological polar surface area (TPSA) is 61.4 Å². The molecule has 4 rings (SSSR count). The SMILES string of the molecule is O=C(NCc1cccnc1)C1CCCN(C2CCN(Cc3nccs3)CC2)C1. The molecule has 150 valence electrons. The van der Waals surface area contributed by atoms with Crippen LogP contribution in [0, 0.1) is 5.92 Å². The molecule has 28 heavy (non-hydrogen) atoms. The number of pyridine rings is 1. The number of amides is 1. The number of thiazole rings is 1. The Hall–Kier alpha value is -1.83. The van der Waals surface area contributed by atoms with E-state index in [4.69, 9.17) is 0 Å². The second-order valence-electron chi connectivity index (χ2n) is 7.85. The fourth-order valence-electron chi connectivity index (χ4n) is 4.35. The van der Waals surface area contributed by atoms with Crippen LogP contribution in [0.1, 0.15) is 36.3 Å². The summed E-state index contributed by atoms with van der Waals surface area (Å²) in [7, 11) is 0. The lowest BCUT2D eigenvalue weighted by atomic mass is 9.93. The van der Waals surface area contributed by atoms with E-state index in [0.29, 0.717) is 12.6 Å². The number of piperidine rings is 2. The van der Waals surface area contributed by atoms with E-state index in [0.717, 1.165) is 51.1 Å². The Morgan fingerprint density at radius 1 is 1.21 bits per heavy atom. The van der Waals surface area contributed by atoms with Crippen LogP contribution in [0.2, 0.25) is 0 Å². The Morgan fingerprint density at radius 3 is 2.86 bits per heavy atom. The Bertz CT molecular complexity index is 731. The summed E-state index contributed by atoms with van der Waals surface area (Å²) in [5.74, 6) is 0.300. The van der Waals surface area contributed by atoms with Crippen molar-refractivity contribution >= 4 is 17.2 Å². The van der Waals surface area contributed by atoms with Crippen LogP contribution in [0.5, 0.6) is 0 Å². The summed E-state index contributed by atoms with van der Waals surface area (Å²) in [6, 6.07) is 4.52. The number of hydrogen-bond donors (Lipinski definition) is 1. The summed E-state index contributed by atoms with van der Waals surface area (Å²) < 4.78 is 0. The molecule has 2 saturated heterocycles. The number of carbonyl (C=O) groups excluding carboxylic acids is 1. The zero-order chi connectivity index (χ0) is 19.2. The molecular weight excluding hydrogens is 370 g/mol. The van der Waals surface area contributed by atoms with E-state index in [9.17, 15) is 4.79 Å². The first kappa shape index (κ1) is 19.5. The summed E-state index contributed by atoms with van der Waals surface area (Å²) in [6.45, 7) is 5.82. The molecule has 0 spiro atoms. The highest BCUT2D eigenvalue weighted by Gasteiger charge is 2.31. The number of rotatable bonds is 6. The van der Waals surface area contributed by atoms with Crippen LogP contribution in [-0.4, -0.2) is 57.9 Å². The molecule has 2 fully saturated rings. The van der Waals surface area contributed by atoms with Crippen molar-refractivity contribution in [1.29, 1.82) is 0 Å². The maximum Gasteiger partial charge on any atom is 0.224 e. The minimum Gasteiger partial charge on any atom is -0.352 e. The molecule has 0 saturated carbocycles. The first-order valence-corrected chi connectivity index (χ1v) is 11.2. The first-order chi connectivity index (χ1) is 13.8. The Labute approximate surface area is 171 Å². The lowest BCUT2D eigenvalue weighted by molar-refractivity contribution is -0.127. The van der Waals surface area contributed by atoms with Crippen molar-refractivity contribution in [1.82, 2.24) is 25.1 Å². The van der Waals surface area contributed by atoms with Gasteiger partial charge in [-0.15, -0.1) is 11.3 Å². The minimum atomic E-state index is 0.110. The van der Waals surface area contributed by atoms with Crippen LogP contribution in [-0.2, 0) is 17.9 Å². The molecule has 0 aliphatic carbocycles. The van der Waals surface area contributed by atoms with Crippen molar-refractivity contribution < 1.29 is 4.79 Å². The smallest absolute Gasteiger partial charge is 0.224 e. The van der Waals surface area contributed by atoms with E-state index in [2.05, 4.69) is 30.5 Å². The van der Waals surface area contributed by atoms with Crippen molar-refractivity contribution in [3.8, 4) is 0 Å². The molecule has 2 aliphatic heterocycles. The van der Waals surface area contributed by atoms with Crippen LogP contribution in [0.3, 0.4) is 0 Å². The quantitative estimate of drug-likeness (QED) is 0.809. The van der Waals surface area contributed by atoms with E-state index < -0.39 is 0 Å². The third-order valence-corrected chi connectivity index (χ3v) is 6.69. The molecule has 4 heterocycles. The molecule has 6 nitrogen and oxygen atoms in total. The van der Waals surface area contributed by atoms with E-state index in [-0.39, 0.29) is 11.8 Å². The molecule has 2 aromatic rings. The van der Waals surface area contributed by atoms with E-state index in [1.54, 1.807) is 17.5 Å². The molecule has 0 bridgehead atoms. The van der Waals surface area contributed by atoms with Crippen molar-refractivity contribution in [3.63, 3.8) is 0 Å². The van der Waals surface area contributed by atoms with Crippen molar-refractivity contribution in [3.05, 3.63) is 46.7 Å². The predicted octanol–water partition coefficient (Wildman–Crippen LogP) is 2.53. The molecule has 1 amide bonds. The number of aromatic nitrogens is 2. The standard InChI is InChI=1S/C21H29N5OS/c27-21(24-14-17-3-1-7-22-13-17)18-4-2-9-26(15-18)19-5-10-25(11-6-19)16-20-23-8-12-28-20/h1,3,7-8,12-13,18-19H,2,4-6,9-11,14-16H2,(H,24,27). The summed E-state index contributed by atoms with van der Waals surface area (Å²) in [4.78, 5) is 26.3. The van der Waals surface area contributed by atoms with Gasteiger partial charge in [-0.05, 0) is 43.9 Å². The van der Waals surface area contributed by atoms with Gasteiger partial charge in [-0.3, -0.25) is 19.6 Å². The zero-order valence-electron chi connectivity index (χ0n) is 16.3. The van der Waals surface area contributed by atoms with Crippen molar-refractivity contribution in [2.75, 3.05) is 26.2 Å². The van der Waals surface area contributed by atoms with Gasteiger partial charge in [-0.2, -0.15) is 0 Å². The molecule has 1 N–H and O–H groups in total. The van der Waals surface area contributed by atoms with Gasteiger partial charge in [0, 0.05) is 56.2 Å². The molecule has 1 unspecified atom stereocenters. The summed E-state index contributed by atoms with van der Waals surface area (Å²) >= 11 is 1.74. The van der Waals surface area contributed by atoms with Gasteiger partial charge in [0.05, 0.1) is 12.5 Å². The highest BCUT2D eigenvalue weighted by molar-refractivity contribution is 7.09. The third-order valence-electron chi connectivity index (χ3n) is 5.93. The Balaban J connectivity index is 1.23. The fourth-order valence-corrected chi connectivity index (χ4v) is 5.01. The van der Waals surface area contributed by atoms with Crippen molar-refractivity contribution in [2.24, 2.45) is 5.92 Å². The summed E-state index contributed by atoms with van der Waals surface area (Å²) in [6.07, 6.45) is 9.95. The van der Waals surface area contributed by atoms with E-state index in [1.165, 1.54) is 17.8 Å². The van der Waals surface area contributed by atoms with Gasteiger partial charge in [-0.25, -0.2) is 4.98 Å². The fraction of sp³-hybridized carbons (Fsp3) is 0.571. The van der Waals surface area contributed by atoms with Gasteiger partial charge < -0.3 is 5.32 Å². The largest absolute Gasteiger partial charge is 0.352 e. The number of carbonyl (C=O) groups is 1. The Kier molecular flexibility index (Phi) is 6.67. The molecular formula is C21H29N5OS. The minimum absolute atomic E-state index is 0.110. The molecule has 2 aromatic heterocycles. The van der Waals surface area contributed by atoms with Gasteiger partial charge in [0.2, 0.25) is 5.91 Å². The van der Waals surface area contributed by atoms with Crippen LogP contribution in [0.4, 0.5) is 0 Å². The number of hydrogen-bond acceptors (Lipinski definition) is 6. The predicted molar refractivity (Wildman–Crippen MR) is 111 cm³/mol. The highest BCUT2D eigenvalue weighted by atomic mass is 32.1. The maximum atomic E-state index is 12.7. The summed E-state index contributed by atoms with van der Waals surface area (Å²) in [5.41, 5.74) is 1.05. The second-order valence-corrected chi connectivity index (χ2v) is 8.83. The normalized spacial score (nSPS) is 22.2. The highest BCUT2D eigenvalue weighted by Crippen LogP contribution is 2.25. The third kappa shape index (κ3) is 5.16. The van der Waals surface area contributed by atoms with Gasteiger partial charge in [0.1, 0.15) is 5.01 Å². The van der Waals surface area contributed by atoms with Gasteiger partial charge >= 0.3 is 0 Å². The Morgan fingerprint density at radius 2 is 2.11 bits per heavy atom. The molecule has 1 atom stereocenters. The van der Waals surface area contributed by atoms with E-state index >= 15 is 0 Å². The second kappa shape index (κ2) is 9.58.